The van der Waals surface area contributed by atoms with Gasteiger partial charge in [-0.2, -0.15) is 17.5 Å². The van der Waals surface area contributed by atoms with Crippen LogP contribution in [0.3, 0.4) is 0 Å². The molecule has 0 saturated carbocycles. The van der Waals surface area contributed by atoms with E-state index in [1.807, 2.05) is 6.92 Å². The molecule has 15 heteroatoms. The van der Waals surface area contributed by atoms with Gasteiger partial charge in [-0.1, -0.05) is 123 Å². The van der Waals surface area contributed by atoms with Crippen molar-refractivity contribution in [3.8, 4) is 0 Å². The standard InChI is InChI=1S/C27H23Cl6N3O4S2/c1-16-4-10-19(11-5-16)34-26(36-42(39,40)21-14-8-18(3)9-15-21)23(29)22(28)24(25(30,31)27(26,32)33)35-41(37,38)20-12-6-17(2)7-13-20/h4-15,34,36H,1-3H3/b35-24+. The van der Waals surface area contributed by atoms with Gasteiger partial charge in [-0.3, -0.25) is 0 Å². The third kappa shape index (κ3) is 6.05. The van der Waals surface area contributed by atoms with Gasteiger partial charge < -0.3 is 5.32 Å². The topological polar surface area (TPSA) is 105 Å². The van der Waals surface area contributed by atoms with E-state index in [-0.39, 0.29) is 15.5 Å². The molecule has 1 aliphatic rings. The number of alkyl halides is 4. The highest BCUT2D eigenvalue weighted by atomic mass is 35.5. The Balaban J connectivity index is 1.99. The van der Waals surface area contributed by atoms with E-state index in [0.29, 0.717) is 0 Å². The zero-order chi connectivity index (χ0) is 31.3. The van der Waals surface area contributed by atoms with Crippen LogP contribution in [0.15, 0.2) is 97.0 Å². The molecule has 0 spiro atoms. The summed E-state index contributed by atoms with van der Waals surface area (Å²) in [7, 11) is -8.95. The lowest BCUT2D eigenvalue weighted by atomic mass is 9.91. The number of anilines is 1. The molecule has 1 aliphatic carbocycles. The van der Waals surface area contributed by atoms with Crippen LogP contribution in [0, 0.1) is 20.8 Å². The Morgan fingerprint density at radius 2 is 1.10 bits per heavy atom. The molecule has 4 rings (SSSR count). The number of hydrogen-bond acceptors (Lipinski definition) is 5. The molecule has 1 atom stereocenters. The Morgan fingerprint density at radius 1 is 0.667 bits per heavy atom. The third-order valence-electron chi connectivity index (χ3n) is 6.43. The fourth-order valence-electron chi connectivity index (χ4n) is 4.01. The molecule has 0 radical (unpaired) electrons. The number of benzene rings is 3. The minimum Gasteiger partial charge on any atom is -0.359 e. The molecule has 0 aliphatic heterocycles. The molecule has 0 fully saturated rings. The van der Waals surface area contributed by atoms with E-state index in [1.165, 1.54) is 24.3 Å². The van der Waals surface area contributed by atoms with E-state index in [0.717, 1.165) is 16.7 Å². The van der Waals surface area contributed by atoms with Crippen molar-refractivity contribution in [2.45, 2.75) is 44.9 Å². The van der Waals surface area contributed by atoms with Crippen LogP contribution in [0.2, 0.25) is 0 Å². The van der Waals surface area contributed by atoms with Crippen molar-refractivity contribution in [3.05, 3.63) is 99.6 Å². The average Bonchev–Trinajstić information content (AvgIpc) is 2.91. The third-order valence-corrected chi connectivity index (χ3v) is 12.6. The van der Waals surface area contributed by atoms with E-state index < -0.39 is 50.2 Å². The molecule has 224 valence electrons. The maximum atomic E-state index is 13.7. The summed E-state index contributed by atoms with van der Waals surface area (Å²) in [5, 5.41) is 1.74. The van der Waals surface area contributed by atoms with Crippen molar-refractivity contribution in [1.29, 1.82) is 0 Å². The summed E-state index contributed by atoms with van der Waals surface area (Å²) >= 11 is 40.7. The summed E-state index contributed by atoms with van der Waals surface area (Å²) in [5.41, 5.74) is -0.376. The van der Waals surface area contributed by atoms with E-state index in [2.05, 4.69) is 14.4 Å². The molecule has 3 aromatic carbocycles. The maximum Gasteiger partial charge on any atom is 0.282 e. The lowest BCUT2D eigenvalue weighted by Gasteiger charge is -2.51. The van der Waals surface area contributed by atoms with Crippen molar-refractivity contribution in [2.75, 3.05) is 5.32 Å². The number of sulfonamides is 2. The van der Waals surface area contributed by atoms with Crippen LogP contribution in [0.5, 0.6) is 0 Å². The summed E-state index contributed by atoms with van der Waals surface area (Å²) in [5.74, 6) is 0. The maximum absolute atomic E-state index is 13.7. The van der Waals surface area contributed by atoms with Gasteiger partial charge in [0.1, 0.15) is 5.71 Å². The van der Waals surface area contributed by atoms with Gasteiger partial charge in [0.2, 0.25) is 10.0 Å². The Hall–Kier alpha value is -1.53. The molecular formula is C27H23Cl6N3O4S2. The van der Waals surface area contributed by atoms with Gasteiger partial charge in [0.25, 0.3) is 10.0 Å². The zero-order valence-electron chi connectivity index (χ0n) is 22.1. The van der Waals surface area contributed by atoms with Crippen molar-refractivity contribution < 1.29 is 16.8 Å². The van der Waals surface area contributed by atoms with Gasteiger partial charge >= 0.3 is 0 Å². The number of hydrogen-bond donors (Lipinski definition) is 2. The first-order valence-electron chi connectivity index (χ1n) is 12.0. The summed E-state index contributed by atoms with van der Waals surface area (Å²) in [6.07, 6.45) is 0. The summed E-state index contributed by atoms with van der Waals surface area (Å²) in [6.45, 7) is 5.41. The number of nitrogens with zero attached hydrogens (tertiary/aromatic N) is 1. The van der Waals surface area contributed by atoms with Crippen LogP contribution in [0.4, 0.5) is 5.69 Å². The molecule has 0 amide bonds. The van der Waals surface area contributed by atoms with E-state index >= 15 is 0 Å². The van der Waals surface area contributed by atoms with E-state index in [1.54, 1.807) is 62.4 Å². The van der Waals surface area contributed by atoms with Crippen molar-refractivity contribution in [1.82, 2.24) is 4.72 Å². The summed E-state index contributed by atoms with van der Waals surface area (Å²) < 4.78 is 54.8. The van der Waals surface area contributed by atoms with Crippen LogP contribution >= 0.6 is 69.6 Å². The SMILES string of the molecule is Cc1ccc(NC2(NS(=O)(=O)c3ccc(C)cc3)C(Cl)=C(Cl)/C(=N\S(=O)(=O)c3ccc(C)cc3)C(Cl)(Cl)C2(Cl)Cl)cc1. The largest absolute Gasteiger partial charge is 0.359 e. The Labute approximate surface area is 274 Å². The molecule has 0 heterocycles. The molecule has 0 saturated heterocycles. The molecule has 7 nitrogen and oxygen atoms in total. The number of halogens is 6. The van der Waals surface area contributed by atoms with Crippen molar-refractivity contribution in [3.63, 3.8) is 0 Å². The van der Waals surface area contributed by atoms with Gasteiger partial charge in [0.15, 0.2) is 14.3 Å². The Morgan fingerprint density at radius 3 is 1.57 bits per heavy atom. The highest BCUT2D eigenvalue weighted by Gasteiger charge is 2.71. The monoisotopic (exact) mass is 727 g/mol. The first-order chi connectivity index (χ1) is 19.3. The number of allylic oxidation sites excluding steroid dienone is 1. The highest BCUT2D eigenvalue weighted by Crippen LogP contribution is 2.59. The predicted molar refractivity (Wildman–Crippen MR) is 172 cm³/mol. The van der Waals surface area contributed by atoms with Gasteiger partial charge in [-0.15, -0.1) is 0 Å². The van der Waals surface area contributed by atoms with Crippen molar-refractivity contribution in [2.24, 2.45) is 4.40 Å². The fraction of sp³-hybridized carbons (Fsp3) is 0.222. The number of rotatable bonds is 7. The van der Waals surface area contributed by atoms with Crippen LogP contribution in [-0.2, 0) is 20.0 Å². The first kappa shape index (κ1) is 33.4. The van der Waals surface area contributed by atoms with Crippen LogP contribution in [0.1, 0.15) is 16.7 Å². The molecule has 0 bridgehead atoms. The molecule has 1 unspecified atom stereocenters. The van der Waals surface area contributed by atoms with Gasteiger partial charge in [-0.05, 0) is 57.2 Å². The molecular weight excluding hydrogens is 707 g/mol. The predicted octanol–water partition coefficient (Wildman–Crippen LogP) is 7.58. The second-order valence-electron chi connectivity index (χ2n) is 9.66. The van der Waals surface area contributed by atoms with Crippen molar-refractivity contribution >= 4 is 101 Å². The minimum atomic E-state index is -4.47. The number of aryl methyl sites for hydroxylation is 3. The quantitative estimate of drug-likeness (QED) is 0.193. The molecule has 0 aromatic heterocycles. The normalized spacial score (nSPS) is 21.4. The first-order valence-corrected chi connectivity index (χ1v) is 17.2. The molecule has 3 aromatic rings. The van der Waals surface area contributed by atoms with Gasteiger partial charge in [-0.25, -0.2) is 8.42 Å². The Bertz CT molecular complexity index is 1790. The van der Waals surface area contributed by atoms with Crippen LogP contribution < -0.4 is 10.0 Å². The highest BCUT2D eigenvalue weighted by molar-refractivity contribution is 7.90. The van der Waals surface area contributed by atoms with Crippen LogP contribution in [0.25, 0.3) is 0 Å². The minimum absolute atomic E-state index is 0.168. The lowest BCUT2D eigenvalue weighted by molar-refractivity contribution is 0.442. The summed E-state index contributed by atoms with van der Waals surface area (Å²) in [6, 6.07) is 18.3. The molecule has 2 N–H and O–H groups in total. The smallest absolute Gasteiger partial charge is 0.282 e. The van der Waals surface area contributed by atoms with E-state index in [4.69, 9.17) is 69.6 Å². The summed E-state index contributed by atoms with van der Waals surface area (Å²) in [4.78, 5) is -0.367. The average molecular weight is 730 g/mol. The van der Waals surface area contributed by atoms with Gasteiger partial charge in [0, 0.05) is 5.69 Å². The lowest BCUT2D eigenvalue weighted by Crippen LogP contribution is -2.73. The molecule has 42 heavy (non-hydrogen) atoms. The second kappa shape index (κ2) is 11.8. The fourth-order valence-corrected chi connectivity index (χ4v) is 8.66. The Kier molecular flexibility index (Phi) is 9.34. The van der Waals surface area contributed by atoms with Crippen LogP contribution in [-0.4, -0.2) is 36.9 Å². The van der Waals surface area contributed by atoms with Gasteiger partial charge in [0.05, 0.1) is 19.9 Å². The number of nitrogens with one attached hydrogen (secondary N) is 2. The van der Waals surface area contributed by atoms with E-state index in [9.17, 15) is 16.8 Å². The zero-order valence-corrected chi connectivity index (χ0v) is 28.3. The second-order valence-corrected chi connectivity index (χ2v) is 16.4.